The van der Waals surface area contributed by atoms with Gasteiger partial charge in [-0.1, -0.05) is 33.8 Å². The molecule has 0 saturated heterocycles. The molecule has 3 aliphatic rings. The van der Waals surface area contributed by atoms with Crippen molar-refractivity contribution in [2.24, 2.45) is 17.3 Å². The topological polar surface area (TPSA) is 35.5 Å². The summed E-state index contributed by atoms with van der Waals surface area (Å²) in [6.07, 6.45) is -4.28. The van der Waals surface area contributed by atoms with Crippen LogP contribution in [0, 0.1) is 17.3 Å². The molecule has 0 N–H and O–H groups in total. The summed E-state index contributed by atoms with van der Waals surface area (Å²) in [5.74, 6) is -14.1. The maximum absolute atomic E-state index is 14.0. The van der Waals surface area contributed by atoms with Gasteiger partial charge >= 0.3 is 24.0 Å². The molecule has 3 aliphatic carbocycles. The van der Waals surface area contributed by atoms with Crippen molar-refractivity contribution in [1.82, 2.24) is 0 Å². The molecule has 2 fully saturated rings. The number of alkyl halides is 7. The van der Waals surface area contributed by atoms with Crippen LogP contribution in [0.25, 0.3) is 0 Å². The standard InChI is InChI=1S/C28H37F7O3Si/c1-24(2,3)39(5,6)38-17-8-10-18-16(15-17)7-9-20-19(18)13-14-25(4)21(20)11-12-22(25)37-23(36)26(29,30)27(31,32)28(33,34)35/h8,10,15,19-22H,7,9,11-14H2,1-6H3/t19-,20-,21+,22+,25+/m1/s1. The molecule has 1 aromatic rings. The SMILES string of the molecule is CC(C)(C)[Si](C)(C)Oc1ccc2c(c1)CC[C@@H]1[C@@H]2CC[C@]2(C)[C@@H](OC(=O)C(F)(F)C(F)(F)C(F)(F)F)CC[C@@H]12. The van der Waals surface area contributed by atoms with Crippen LogP contribution in [0.2, 0.25) is 18.1 Å². The molecule has 0 radical (unpaired) electrons. The number of benzene rings is 1. The third kappa shape index (κ3) is 4.88. The summed E-state index contributed by atoms with van der Waals surface area (Å²) >= 11 is 0. The predicted molar refractivity (Wildman–Crippen MR) is 135 cm³/mol. The van der Waals surface area contributed by atoms with Crippen LogP contribution < -0.4 is 4.43 Å². The fourth-order valence-corrected chi connectivity index (χ4v) is 7.75. The second kappa shape index (κ2) is 9.38. The molecule has 0 amide bonds. The van der Waals surface area contributed by atoms with Crippen LogP contribution in [0.3, 0.4) is 0 Å². The van der Waals surface area contributed by atoms with Gasteiger partial charge in [0.25, 0.3) is 0 Å². The van der Waals surface area contributed by atoms with Gasteiger partial charge in [0.15, 0.2) is 0 Å². The van der Waals surface area contributed by atoms with Gasteiger partial charge in [0.05, 0.1) is 0 Å². The molecule has 0 aliphatic heterocycles. The molecule has 5 atom stereocenters. The number of carbonyl (C=O) groups is 1. The minimum Gasteiger partial charge on any atom is -0.543 e. The summed E-state index contributed by atoms with van der Waals surface area (Å²) < 4.78 is 104. The lowest BCUT2D eigenvalue weighted by molar-refractivity contribution is -0.349. The smallest absolute Gasteiger partial charge is 0.460 e. The Morgan fingerprint density at radius 2 is 1.62 bits per heavy atom. The maximum Gasteiger partial charge on any atom is 0.460 e. The van der Waals surface area contributed by atoms with Gasteiger partial charge in [-0.05, 0) is 97.7 Å². The van der Waals surface area contributed by atoms with Crippen LogP contribution in [-0.4, -0.2) is 38.4 Å². The molecule has 0 unspecified atom stereocenters. The number of rotatable bonds is 5. The summed E-state index contributed by atoms with van der Waals surface area (Å²) in [5.41, 5.74) is 1.65. The summed E-state index contributed by atoms with van der Waals surface area (Å²) in [7, 11) is -2.01. The highest BCUT2D eigenvalue weighted by Gasteiger charge is 2.77. The molecular formula is C28H37F7O3Si. The monoisotopic (exact) mass is 582 g/mol. The van der Waals surface area contributed by atoms with Crippen molar-refractivity contribution < 1.29 is 44.7 Å². The molecule has 4 rings (SSSR count). The average Bonchev–Trinajstić information content (AvgIpc) is 3.13. The first-order valence-electron chi connectivity index (χ1n) is 13.5. The van der Waals surface area contributed by atoms with Crippen LogP contribution in [0.1, 0.15) is 76.8 Å². The Balaban J connectivity index is 1.50. The van der Waals surface area contributed by atoms with Crippen molar-refractivity contribution in [2.45, 2.75) is 114 Å². The first-order valence-corrected chi connectivity index (χ1v) is 16.4. The number of hydrogen-bond acceptors (Lipinski definition) is 3. The van der Waals surface area contributed by atoms with Crippen LogP contribution in [-0.2, 0) is 16.0 Å². The van der Waals surface area contributed by atoms with E-state index < -0.39 is 43.8 Å². The Kier molecular flexibility index (Phi) is 7.26. The second-order valence-corrected chi connectivity index (χ2v) is 18.0. The molecule has 220 valence electrons. The largest absolute Gasteiger partial charge is 0.543 e. The van der Waals surface area contributed by atoms with Crippen LogP contribution in [0.5, 0.6) is 5.75 Å². The van der Waals surface area contributed by atoms with Crippen molar-refractivity contribution in [1.29, 1.82) is 0 Å². The number of halogens is 7. The van der Waals surface area contributed by atoms with Crippen LogP contribution in [0.15, 0.2) is 18.2 Å². The Bertz CT molecular complexity index is 1110. The van der Waals surface area contributed by atoms with E-state index in [0.29, 0.717) is 19.3 Å². The zero-order valence-corrected chi connectivity index (χ0v) is 24.2. The number of carbonyl (C=O) groups excluding carboxylic acids is 1. The molecule has 2 saturated carbocycles. The maximum atomic E-state index is 14.0. The van der Waals surface area contributed by atoms with E-state index >= 15 is 0 Å². The summed E-state index contributed by atoms with van der Waals surface area (Å²) in [5, 5.41) is 0.0525. The van der Waals surface area contributed by atoms with E-state index in [4.69, 9.17) is 9.16 Å². The van der Waals surface area contributed by atoms with Crippen molar-refractivity contribution in [3.63, 3.8) is 0 Å². The fraction of sp³-hybridized carbons (Fsp3) is 0.750. The minimum atomic E-state index is -6.58. The number of esters is 1. The third-order valence-electron chi connectivity index (χ3n) is 10.0. The van der Waals surface area contributed by atoms with Gasteiger partial charge < -0.3 is 9.16 Å². The number of fused-ring (bicyclic) bond motifs is 5. The zero-order chi connectivity index (χ0) is 29.4. The summed E-state index contributed by atoms with van der Waals surface area (Å²) in [6.45, 7) is 12.7. The van der Waals surface area contributed by atoms with Gasteiger partial charge in [0.1, 0.15) is 11.9 Å². The Hall–Kier alpha value is -1.78. The molecule has 11 heteroatoms. The normalized spacial score (nSPS) is 29.8. The van der Waals surface area contributed by atoms with Crippen molar-refractivity contribution in [2.75, 3.05) is 0 Å². The number of aryl methyl sites for hydroxylation is 1. The highest BCUT2D eigenvalue weighted by Crippen LogP contribution is 2.62. The fourth-order valence-electron chi connectivity index (χ4n) is 6.72. The molecule has 0 bridgehead atoms. The molecule has 0 spiro atoms. The number of ether oxygens (including phenoxy) is 1. The Morgan fingerprint density at radius 1 is 0.974 bits per heavy atom. The van der Waals surface area contributed by atoms with Gasteiger partial charge in [0, 0.05) is 5.41 Å². The van der Waals surface area contributed by atoms with Gasteiger partial charge in [-0.25, -0.2) is 4.79 Å². The van der Waals surface area contributed by atoms with E-state index in [-0.39, 0.29) is 29.2 Å². The van der Waals surface area contributed by atoms with Crippen molar-refractivity contribution in [3.05, 3.63) is 29.3 Å². The van der Waals surface area contributed by atoms with E-state index in [1.54, 1.807) is 6.92 Å². The third-order valence-corrected chi connectivity index (χ3v) is 14.4. The first kappa shape index (κ1) is 30.2. The van der Waals surface area contributed by atoms with E-state index in [2.05, 4.69) is 46.0 Å². The number of hydrogen-bond donors (Lipinski definition) is 0. The predicted octanol–water partition coefficient (Wildman–Crippen LogP) is 8.67. The molecule has 1 aromatic carbocycles. The van der Waals surface area contributed by atoms with Crippen LogP contribution >= 0.6 is 0 Å². The highest BCUT2D eigenvalue weighted by molar-refractivity contribution is 6.74. The van der Waals surface area contributed by atoms with E-state index in [1.807, 2.05) is 6.07 Å². The first-order chi connectivity index (χ1) is 17.6. The van der Waals surface area contributed by atoms with Gasteiger partial charge in [-0.2, -0.15) is 30.7 Å². The lowest BCUT2D eigenvalue weighted by Crippen LogP contribution is -2.57. The lowest BCUT2D eigenvalue weighted by atomic mass is 9.55. The van der Waals surface area contributed by atoms with E-state index in [9.17, 15) is 35.5 Å². The van der Waals surface area contributed by atoms with E-state index in [1.165, 1.54) is 11.1 Å². The summed E-state index contributed by atoms with van der Waals surface area (Å²) in [4.78, 5) is 12.0. The summed E-state index contributed by atoms with van der Waals surface area (Å²) in [6, 6.07) is 6.21. The van der Waals surface area contributed by atoms with Crippen LogP contribution in [0.4, 0.5) is 30.7 Å². The van der Waals surface area contributed by atoms with Gasteiger partial charge in [-0.15, -0.1) is 0 Å². The molecule has 39 heavy (non-hydrogen) atoms. The molecule has 0 aromatic heterocycles. The second-order valence-electron chi connectivity index (χ2n) is 13.3. The van der Waals surface area contributed by atoms with Gasteiger partial charge in [-0.3, -0.25) is 0 Å². The molecular weight excluding hydrogens is 545 g/mol. The molecule has 3 nitrogen and oxygen atoms in total. The van der Waals surface area contributed by atoms with Crippen molar-refractivity contribution >= 4 is 14.3 Å². The Morgan fingerprint density at radius 3 is 2.21 bits per heavy atom. The minimum absolute atomic E-state index is 0.0258. The highest BCUT2D eigenvalue weighted by atomic mass is 28.4. The van der Waals surface area contributed by atoms with E-state index in [0.717, 1.165) is 18.6 Å². The lowest BCUT2D eigenvalue weighted by Gasteiger charge is -2.50. The van der Waals surface area contributed by atoms with Gasteiger partial charge in [0.2, 0.25) is 8.32 Å². The molecule has 0 heterocycles. The quantitative estimate of drug-likeness (QED) is 0.198. The Labute approximate surface area is 225 Å². The van der Waals surface area contributed by atoms with Crippen molar-refractivity contribution in [3.8, 4) is 5.75 Å². The zero-order valence-electron chi connectivity index (χ0n) is 23.2. The average molecular weight is 583 g/mol.